The van der Waals surface area contributed by atoms with Crippen LogP contribution in [0.5, 0.6) is 0 Å². The van der Waals surface area contributed by atoms with Crippen LogP contribution in [0.3, 0.4) is 0 Å². The molecule has 0 saturated carbocycles. The zero-order chi connectivity index (χ0) is 21.0. The van der Waals surface area contributed by atoms with E-state index >= 15 is 0 Å². The van der Waals surface area contributed by atoms with E-state index in [1.807, 2.05) is 59.5 Å². The fraction of sp³-hybridized carbons (Fsp3) is 0.375. The van der Waals surface area contributed by atoms with Crippen molar-refractivity contribution in [1.29, 1.82) is 0 Å². The second kappa shape index (κ2) is 8.99. The highest BCUT2D eigenvalue weighted by Gasteiger charge is 2.29. The van der Waals surface area contributed by atoms with Crippen molar-refractivity contribution in [2.24, 2.45) is 0 Å². The summed E-state index contributed by atoms with van der Waals surface area (Å²) in [5.41, 5.74) is 2.16. The van der Waals surface area contributed by atoms with Gasteiger partial charge in [0.05, 0.1) is 11.1 Å². The van der Waals surface area contributed by atoms with Crippen molar-refractivity contribution >= 4 is 5.91 Å². The maximum Gasteiger partial charge on any atom is 0.259 e. The molecule has 160 valence electrons. The van der Waals surface area contributed by atoms with Crippen LogP contribution in [-0.4, -0.2) is 71.3 Å². The molecule has 1 amide bonds. The highest BCUT2D eigenvalue weighted by atomic mass is 16.5. The van der Waals surface area contributed by atoms with Crippen LogP contribution in [0.2, 0.25) is 0 Å². The van der Waals surface area contributed by atoms with E-state index in [1.165, 1.54) is 0 Å². The van der Waals surface area contributed by atoms with Crippen LogP contribution in [0.4, 0.5) is 0 Å². The largest absolute Gasteiger partial charge is 0.381 e. The predicted octanol–water partition coefficient (Wildman–Crippen LogP) is 3.34. The van der Waals surface area contributed by atoms with Crippen LogP contribution >= 0.6 is 0 Å². The number of hydrogen-bond acceptors (Lipinski definition) is 6. The maximum atomic E-state index is 13.4. The third-order valence-electron chi connectivity index (χ3n) is 6.15. The van der Waals surface area contributed by atoms with Gasteiger partial charge in [-0.3, -0.25) is 9.69 Å². The average molecular weight is 418 g/mol. The van der Waals surface area contributed by atoms with E-state index in [-0.39, 0.29) is 5.91 Å². The van der Waals surface area contributed by atoms with Gasteiger partial charge in [0, 0.05) is 51.0 Å². The molecule has 7 nitrogen and oxygen atoms in total. The Bertz CT molecular complexity index is 1020. The van der Waals surface area contributed by atoms with Crippen LogP contribution in [0.1, 0.15) is 23.2 Å². The number of aromatic nitrogens is 2. The van der Waals surface area contributed by atoms with Crippen molar-refractivity contribution in [3.05, 3.63) is 60.2 Å². The number of amides is 1. The second-order valence-electron chi connectivity index (χ2n) is 8.01. The molecule has 2 aliphatic heterocycles. The molecule has 0 N–H and O–H groups in total. The van der Waals surface area contributed by atoms with Crippen molar-refractivity contribution in [3.63, 3.8) is 0 Å². The van der Waals surface area contributed by atoms with Crippen molar-refractivity contribution in [3.8, 4) is 22.8 Å². The lowest BCUT2D eigenvalue weighted by Gasteiger charge is -2.40. The van der Waals surface area contributed by atoms with Crippen LogP contribution in [0.25, 0.3) is 22.8 Å². The predicted molar refractivity (Wildman–Crippen MR) is 116 cm³/mol. The van der Waals surface area contributed by atoms with E-state index in [1.54, 1.807) is 0 Å². The third-order valence-corrected chi connectivity index (χ3v) is 6.15. The van der Waals surface area contributed by atoms with E-state index in [2.05, 4.69) is 15.0 Å². The number of nitrogens with zero attached hydrogens (tertiary/aromatic N) is 4. The van der Waals surface area contributed by atoms with Gasteiger partial charge in [-0.1, -0.05) is 47.6 Å². The molecule has 1 aromatic heterocycles. The molecule has 0 radical (unpaired) electrons. The van der Waals surface area contributed by atoms with Gasteiger partial charge in [-0.05, 0) is 25.0 Å². The Hall–Kier alpha value is -3.03. The first-order valence-corrected chi connectivity index (χ1v) is 10.9. The van der Waals surface area contributed by atoms with Gasteiger partial charge in [0.1, 0.15) is 0 Å². The molecule has 0 atom stereocenters. The molecule has 0 bridgehead atoms. The molecule has 7 heteroatoms. The first-order chi connectivity index (χ1) is 15.3. The molecule has 2 aromatic carbocycles. The second-order valence-corrected chi connectivity index (χ2v) is 8.01. The monoisotopic (exact) mass is 418 g/mol. The standard InChI is InChI=1S/C24H26N4O3/c29-24(28-14-12-27(13-15-28)19-10-16-30-17-11-19)21-9-5-4-8-20(21)23-25-22(26-31-23)18-6-2-1-3-7-18/h1-9,19H,10-17H2. The van der Waals surface area contributed by atoms with Gasteiger partial charge >= 0.3 is 0 Å². The van der Waals surface area contributed by atoms with E-state index in [0.29, 0.717) is 28.9 Å². The normalized spacial score (nSPS) is 18.3. The summed E-state index contributed by atoms with van der Waals surface area (Å²) in [6.07, 6.45) is 2.16. The number of ether oxygens (including phenoxy) is 1. The highest BCUT2D eigenvalue weighted by molar-refractivity contribution is 6.00. The van der Waals surface area contributed by atoms with Crippen molar-refractivity contribution < 1.29 is 14.1 Å². The quantitative estimate of drug-likeness (QED) is 0.647. The number of hydrogen-bond donors (Lipinski definition) is 0. The molecule has 0 spiro atoms. The summed E-state index contributed by atoms with van der Waals surface area (Å²) in [4.78, 5) is 22.3. The van der Waals surface area contributed by atoms with Crippen LogP contribution < -0.4 is 0 Å². The molecule has 5 rings (SSSR count). The van der Waals surface area contributed by atoms with Crippen molar-refractivity contribution in [2.75, 3.05) is 39.4 Å². The molecule has 3 heterocycles. The van der Waals surface area contributed by atoms with Crippen LogP contribution in [0, 0.1) is 0 Å². The maximum absolute atomic E-state index is 13.4. The molecule has 0 aliphatic carbocycles. The Morgan fingerprint density at radius 2 is 1.61 bits per heavy atom. The summed E-state index contributed by atoms with van der Waals surface area (Å²) in [6, 6.07) is 17.7. The topological polar surface area (TPSA) is 71.7 Å². The summed E-state index contributed by atoms with van der Waals surface area (Å²) in [7, 11) is 0. The van der Waals surface area contributed by atoms with Crippen LogP contribution in [0.15, 0.2) is 59.1 Å². The molecule has 2 aliphatic rings. The smallest absolute Gasteiger partial charge is 0.259 e. The number of rotatable bonds is 4. The summed E-state index contributed by atoms with van der Waals surface area (Å²) in [6.45, 7) is 4.93. The lowest BCUT2D eigenvalue weighted by Crippen LogP contribution is -2.53. The lowest BCUT2D eigenvalue weighted by atomic mass is 10.0. The Balaban J connectivity index is 1.32. The average Bonchev–Trinajstić information content (AvgIpc) is 3.35. The minimum absolute atomic E-state index is 0.0155. The number of carbonyl (C=O) groups excluding carboxylic acids is 1. The number of benzene rings is 2. The molecule has 0 unspecified atom stereocenters. The minimum atomic E-state index is 0.0155. The minimum Gasteiger partial charge on any atom is -0.381 e. The van der Waals surface area contributed by atoms with Crippen molar-refractivity contribution in [2.45, 2.75) is 18.9 Å². The lowest BCUT2D eigenvalue weighted by molar-refractivity contribution is 0.0137. The fourth-order valence-electron chi connectivity index (χ4n) is 4.40. The summed E-state index contributed by atoms with van der Waals surface area (Å²) < 4.78 is 11.0. The Morgan fingerprint density at radius 1 is 0.903 bits per heavy atom. The van der Waals surface area contributed by atoms with Gasteiger partial charge in [0.25, 0.3) is 11.8 Å². The van der Waals surface area contributed by atoms with Gasteiger partial charge in [-0.2, -0.15) is 4.98 Å². The van der Waals surface area contributed by atoms with Crippen LogP contribution in [-0.2, 0) is 4.74 Å². The third kappa shape index (κ3) is 4.24. The van der Waals surface area contributed by atoms with E-state index in [9.17, 15) is 4.79 Å². The van der Waals surface area contributed by atoms with Gasteiger partial charge < -0.3 is 14.2 Å². The summed E-state index contributed by atoms with van der Waals surface area (Å²) in [5.74, 6) is 0.897. The number of piperazine rings is 1. The molecular weight excluding hydrogens is 392 g/mol. The zero-order valence-electron chi connectivity index (χ0n) is 17.4. The summed E-state index contributed by atoms with van der Waals surface area (Å²) in [5, 5.41) is 4.11. The number of carbonyl (C=O) groups is 1. The summed E-state index contributed by atoms with van der Waals surface area (Å²) >= 11 is 0. The van der Waals surface area contributed by atoms with E-state index < -0.39 is 0 Å². The zero-order valence-corrected chi connectivity index (χ0v) is 17.4. The fourth-order valence-corrected chi connectivity index (χ4v) is 4.40. The molecule has 31 heavy (non-hydrogen) atoms. The van der Waals surface area contributed by atoms with E-state index in [0.717, 1.165) is 57.8 Å². The molecule has 2 saturated heterocycles. The highest BCUT2D eigenvalue weighted by Crippen LogP contribution is 2.27. The van der Waals surface area contributed by atoms with Gasteiger partial charge in [-0.25, -0.2) is 0 Å². The van der Waals surface area contributed by atoms with E-state index in [4.69, 9.17) is 9.26 Å². The molecule has 2 fully saturated rings. The first kappa shape index (κ1) is 19.9. The van der Waals surface area contributed by atoms with Gasteiger partial charge in [0.2, 0.25) is 5.82 Å². The van der Waals surface area contributed by atoms with Gasteiger partial charge in [-0.15, -0.1) is 0 Å². The Labute approximate surface area is 181 Å². The molecule has 3 aromatic rings. The van der Waals surface area contributed by atoms with Gasteiger partial charge in [0.15, 0.2) is 0 Å². The first-order valence-electron chi connectivity index (χ1n) is 10.9. The Kier molecular flexibility index (Phi) is 5.78. The van der Waals surface area contributed by atoms with Crippen molar-refractivity contribution in [1.82, 2.24) is 19.9 Å². The Morgan fingerprint density at radius 3 is 2.39 bits per heavy atom. The molecular formula is C24H26N4O3. The SMILES string of the molecule is O=C(c1ccccc1-c1nc(-c2ccccc2)no1)N1CCN(C2CCOCC2)CC1.